The number of alkyl halides is 3. The Morgan fingerprint density at radius 2 is 2.00 bits per heavy atom. The summed E-state index contributed by atoms with van der Waals surface area (Å²) in [5.41, 5.74) is 0.115. The van der Waals surface area contributed by atoms with Crippen molar-refractivity contribution >= 4 is 11.6 Å². The summed E-state index contributed by atoms with van der Waals surface area (Å²) in [6.07, 6.45) is -4.59. The lowest BCUT2D eigenvalue weighted by Gasteiger charge is -2.12. The number of halogens is 3. The van der Waals surface area contributed by atoms with E-state index in [1.807, 2.05) is 0 Å². The largest absolute Gasteiger partial charge is 0.416 e. The Bertz CT molecular complexity index is 437. The van der Waals surface area contributed by atoms with Crippen LogP contribution in [0.2, 0.25) is 0 Å². The number of carbonyl (C=O) groups excluding carboxylic acids is 1. The summed E-state index contributed by atoms with van der Waals surface area (Å²) in [7, 11) is 0. The standard InChI is InChI=1S/C10H8F3NO/c1-5-2-7(10(11,12)13)6-4-9(15)14-8(6)3-5/h2-3H,4H2,1H3,(H,14,15). The quantitative estimate of drug-likeness (QED) is 0.707. The number of rotatable bonds is 0. The molecule has 0 spiro atoms. The molecule has 15 heavy (non-hydrogen) atoms. The minimum absolute atomic E-state index is 0.0538. The molecule has 1 aromatic rings. The van der Waals surface area contributed by atoms with Crippen LogP contribution in [0.15, 0.2) is 12.1 Å². The molecule has 1 amide bonds. The summed E-state index contributed by atoms with van der Waals surface area (Å²) in [4.78, 5) is 11.0. The Morgan fingerprint density at radius 3 is 2.60 bits per heavy atom. The Kier molecular flexibility index (Phi) is 1.99. The third-order valence-corrected chi connectivity index (χ3v) is 2.31. The second-order valence-corrected chi connectivity index (χ2v) is 3.56. The van der Waals surface area contributed by atoms with Crippen molar-refractivity contribution in [3.05, 3.63) is 28.8 Å². The summed E-state index contributed by atoms with van der Waals surface area (Å²) in [5, 5.41) is 2.41. The molecule has 0 aromatic heterocycles. The van der Waals surface area contributed by atoms with Gasteiger partial charge in [-0.1, -0.05) is 0 Å². The van der Waals surface area contributed by atoms with Crippen LogP contribution in [0.25, 0.3) is 0 Å². The lowest BCUT2D eigenvalue weighted by Crippen LogP contribution is -2.09. The van der Waals surface area contributed by atoms with Crippen LogP contribution in [-0.2, 0) is 17.4 Å². The predicted octanol–water partition coefficient (Wildman–Crippen LogP) is 2.51. The van der Waals surface area contributed by atoms with Crippen molar-refractivity contribution in [2.45, 2.75) is 19.5 Å². The Labute approximate surface area is 84.1 Å². The first-order valence-corrected chi connectivity index (χ1v) is 4.38. The van der Waals surface area contributed by atoms with Gasteiger partial charge in [-0.15, -0.1) is 0 Å². The van der Waals surface area contributed by atoms with Gasteiger partial charge in [0.25, 0.3) is 0 Å². The number of amides is 1. The fourth-order valence-electron chi connectivity index (χ4n) is 1.73. The first-order valence-electron chi connectivity index (χ1n) is 4.38. The van der Waals surface area contributed by atoms with Gasteiger partial charge < -0.3 is 5.32 Å². The Morgan fingerprint density at radius 1 is 1.33 bits per heavy atom. The van der Waals surface area contributed by atoms with Gasteiger partial charge in [-0.25, -0.2) is 0 Å². The number of benzene rings is 1. The van der Waals surface area contributed by atoms with E-state index in [0.29, 0.717) is 5.56 Å². The highest BCUT2D eigenvalue weighted by Gasteiger charge is 2.37. The van der Waals surface area contributed by atoms with Crippen molar-refractivity contribution in [2.24, 2.45) is 0 Å². The lowest BCUT2D eigenvalue weighted by atomic mass is 10.0. The van der Waals surface area contributed by atoms with Crippen molar-refractivity contribution in [3.8, 4) is 0 Å². The average molecular weight is 215 g/mol. The van der Waals surface area contributed by atoms with Gasteiger partial charge in [0, 0.05) is 5.69 Å². The van der Waals surface area contributed by atoms with Crippen molar-refractivity contribution in [1.82, 2.24) is 0 Å². The number of nitrogens with one attached hydrogen (secondary N) is 1. The molecule has 1 aromatic carbocycles. The molecule has 2 rings (SSSR count). The van der Waals surface area contributed by atoms with Gasteiger partial charge in [0.1, 0.15) is 0 Å². The van der Waals surface area contributed by atoms with E-state index in [0.717, 1.165) is 6.07 Å². The molecule has 0 aliphatic carbocycles. The number of anilines is 1. The van der Waals surface area contributed by atoms with Crippen LogP contribution in [0.4, 0.5) is 18.9 Å². The van der Waals surface area contributed by atoms with E-state index in [4.69, 9.17) is 0 Å². The van der Waals surface area contributed by atoms with Gasteiger partial charge in [-0.05, 0) is 30.2 Å². The summed E-state index contributed by atoms with van der Waals surface area (Å²) < 4.78 is 37.8. The monoisotopic (exact) mass is 215 g/mol. The number of hydrogen-bond acceptors (Lipinski definition) is 1. The minimum atomic E-state index is -4.40. The van der Waals surface area contributed by atoms with Gasteiger partial charge in [0.15, 0.2) is 0 Å². The van der Waals surface area contributed by atoms with Crippen molar-refractivity contribution < 1.29 is 18.0 Å². The fraction of sp³-hybridized carbons (Fsp3) is 0.300. The van der Waals surface area contributed by atoms with Crippen LogP contribution < -0.4 is 5.32 Å². The van der Waals surface area contributed by atoms with Gasteiger partial charge in [-0.2, -0.15) is 13.2 Å². The highest BCUT2D eigenvalue weighted by molar-refractivity contribution is 5.99. The Hall–Kier alpha value is -1.52. The van der Waals surface area contributed by atoms with E-state index >= 15 is 0 Å². The molecule has 1 aliphatic heterocycles. The number of hydrogen-bond donors (Lipinski definition) is 1. The number of carbonyl (C=O) groups is 1. The Balaban J connectivity index is 2.62. The minimum Gasteiger partial charge on any atom is -0.326 e. The summed E-state index contributed by atoms with van der Waals surface area (Å²) >= 11 is 0. The average Bonchev–Trinajstić information content (AvgIpc) is 2.41. The zero-order chi connectivity index (χ0) is 11.2. The van der Waals surface area contributed by atoms with Crippen LogP contribution >= 0.6 is 0 Å². The SMILES string of the molecule is Cc1cc2c(c(C(F)(F)F)c1)CC(=O)N2. The summed E-state index contributed by atoms with van der Waals surface area (Å²) in [6, 6.07) is 2.62. The van der Waals surface area contributed by atoms with E-state index in [9.17, 15) is 18.0 Å². The second kappa shape index (κ2) is 2.98. The van der Waals surface area contributed by atoms with E-state index in [1.165, 1.54) is 0 Å². The molecule has 0 fully saturated rings. The van der Waals surface area contributed by atoms with Crippen LogP contribution in [0.1, 0.15) is 16.7 Å². The van der Waals surface area contributed by atoms with Crippen LogP contribution in [0.3, 0.4) is 0 Å². The third kappa shape index (κ3) is 1.69. The molecule has 5 heteroatoms. The van der Waals surface area contributed by atoms with E-state index in [-0.39, 0.29) is 23.6 Å². The van der Waals surface area contributed by atoms with E-state index in [2.05, 4.69) is 5.32 Å². The zero-order valence-corrected chi connectivity index (χ0v) is 7.90. The normalized spacial score (nSPS) is 15.1. The van der Waals surface area contributed by atoms with Gasteiger partial charge in [-0.3, -0.25) is 4.79 Å². The first kappa shape index (κ1) is 10.0. The molecular weight excluding hydrogens is 207 g/mol. The van der Waals surface area contributed by atoms with Gasteiger partial charge >= 0.3 is 6.18 Å². The first-order chi connectivity index (χ1) is 6.88. The summed E-state index contributed by atoms with van der Waals surface area (Å²) in [5.74, 6) is -0.388. The second-order valence-electron chi connectivity index (χ2n) is 3.56. The molecule has 0 atom stereocenters. The van der Waals surface area contributed by atoms with Crippen LogP contribution in [0.5, 0.6) is 0 Å². The smallest absolute Gasteiger partial charge is 0.326 e. The maximum Gasteiger partial charge on any atom is 0.416 e. The van der Waals surface area contributed by atoms with Gasteiger partial charge in [0.05, 0.1) is 12.0 Å². The topological polar surface area (TPSA) is 29.1 Å². The van der Waals surface area contributed by atoms with Crippen LogP contribution in [0, 0.1) is 6.92 Å². The van der Waals surface area contributed by atoms with Crippen molar-refractivity contribution in [3.63, 3.8) is 0 Å². The van der Waals surface area contributed by atoms with Crippen molar-refractivity contribution in [1.29, 1.82) is 0 Å². The third-order valence-electron chi connectivity index (χ3n) is 2.31. The molecule has 1 N–H and O–H groups in total. The van der Waals surface area contributed by atoms with Crippen LogP contribution in [-0.4, -0.2) is 5.91 Å². The molecule has 0 saturated heterocycles. The molecule has 80 valence electrons. The fourth-order valence-corrected chi connectivity index (χ4v) is 1.73. The highest BCUT2D eigenvalue weighted by atomic mass is 19.4. The highest BCUT2D eigenvalue weighted by Crippen LogP contribution is 2.38. The molecule has 1 heterocycles. The van der Waals surface area contributed by atoms with E-state index in [1.54, 1.807) is 13.0 Å². The molecule has 2 nitrogen and oxygen atoms in total. The lowest BCUT2D eigenvalue weighted by molar-refractivity contribution is -0.138. The molecule has 0 saturated carbocycles. The number of fused-ring (bicyclic) bond motifs is 1. The molecule has 1 aliphatic rings. The summed E-state index contributed by atoms with van der Waals surface area (Å²) in [6.45, 7) is 1.57. The maximum atomic E-state index is 12.6. The zero-order valence-electron chi connectivity index (χ0n) is 7.90. The predicted molar refractivity (Wildman–Crippen MR) is 48.5 cm³/mol. The van der Waals surface area contributed by atoms with Gasteiger partial charge in [0.2, 0.25) is 5.91 Å². The molecule has 0 bridgehead atoms. The molecule has 0 radical (unpaired) electrons. The number of aryl methyl sites for hydroxylation is 1. The molecular formula is C10H8F3NO. The van der Waals surface area contributed by atoms with E-state index < -0.39 is 11.7 Å². The van der Waals surface area contributed by atoms with Crippen molar-refractivity contribution in [2.75, 3.05) is 5.32 Å². The maximum absolute atomic E-state index is 12.6. The molecule has 0 unspecified atom stereocenters.